The normalized spacial score (nSPS) is 14.3. The lowest BCUT2D eigenvalue weighted by molar-refractivity contribution is 0.0251. The Morgan fingerprint density at radius 3 is 2.47 bits per heavy atom. The highest BCUT2D eigenvalue weighted by molar-refractivity contribution is 5.98. The van der Waals surface area contributed by atoms with Crippen LogP contribution in [0.5, 0.6) is 11.5 Å². The van der Waals surface area contributed by atoms with Gasteiger partial charge in [0.15, 0.2) is 5.78 Å². The zero-order valence-electron chi connectivity index (χ0n) is 9.50. The topological polar surface area (TPSA) is 98.0 Å². The van der Waals surface area contributed by atoms with E-state index >= 15 is 0 Å². The van der Waals surface area contributed by atoms with E-state index in [1.807, 2.05) is 0 Å². The van der Waals surface area contributed by atoms with Gasteiger partial charge in [0.2, 0.25) is 0 Å². The summed E-state index contributed by atoms with van der Waals surface area (Å²) in [5.41, 5.74) is 0.0978. The van der Waals surface area contributed by atoms with Crippen molar-refractivity contribution in [2.45, 2.75) is 32.0 Å². The van der Waals surface area contributed by atoms with Crippen LogP contribution in [-0.4, -0.2) is 38.4 Å². The minimum absolute atomic E-state index is 0.0183. The Morgan fingerprint density at radius 2 is 1.94 bits per heavy atom. The summed E-state index contributed by atoms with van der Waals surface area (Å²) in [6.45, 7) is 1.44. The molecule has 0 heterocycles. The zero-order chi connectivity index (χ0) is 13.0. The molecule has 0 aliphatic heterocycles. The molecule has 4 N–H and O–H groups in total. The quantitative estimate of drug-likeness (QED) is 0.571. The van der Waals surface area contributed by atoms with Crippen LogP contribution in [0.3, 0.4) is 0 Å². The average Bonchev–Trinajstić information content (AvgIpc) is 2.25. The summed E-state index contributed by atoms with van der Waals surface area (Å²) in [5, 5.41) is 36.9. The number of hydrogen-bond donors (Lipinski definition) is 4. The highest BCUT2D eigenvalue weighted by Crippen LogP contribution is 2.24. The average molecular weight is 240 g/mol. The fourth-order valence-corrected chi connectivity index (χ4v) is 1.41. The summed E-state index contributed by atoms with van der Waals surface area (Å²) in [6.07, 6.45) is -1.71. The van der Waals surface area contributed by atoms with Crippen molar-refractivity contribution in [2.24, 2.45) is 0 Å². The summed E-state index contributed by atoms with van der Waals surface area (Å²) in [4.78, 5) is 11.7. The van der Waals surface area contributed by atoms with Gasteiger partial charge in [-0.2, -0.15) is 0 Å². The molecule has 1 rings (SSSR count). The molecule has 2 atom stereocenters. The molecule has 17 heavy (non-hydrogen) atoms. The molecule has 1 aromatic carbocycles. The summed E-state index contributed by atoms with van der Waals surface area (Å²) < 4.78 is 0. The smallest absolute Gasteiger partial charge is 0.166 e. The monoisotopic (exact) mass is 240 g/mol. The molecule has 5 heteroatoms. The van der Waals surface area contributed by atoms with Crippen LogP contribution in [0.25, 0.3) is 0 Å². The lowest BCUT2D eigenvalue weighted by Crippen LogP contribution is -2.23. The maximum absolute atomic E-state index is 11.7. The number of ketones is 1. The van der Waals surface area contributed by atoms with Crippen molar-refractivity contribution in [3.05, 3.63) is 23.8 Å². The Kier molecular flexibility index (Phi) is 4.48. The van der Waals surface area contributed by atoms with Gasteiger partial charge in [0.25, 0.3) is 0 Å². The van der Waals surface area contributed by atoms with Crippen LogP contribution in [-0.2, 0) is 0 Å². The number of aromatic hydroxyl groups is 2. The standard InChI is InChI=1S/C12H16O5/c1-7(13)10(15)4-5-11(16)9-3-2-8(14)6-12(9)17/h2-3,6-7,10,13-15,17H,4-5H2,1H3. The minimum Gasteiger partial charge on any atom is -0.508 e. The van der Waals surface area contributed by atoms with Crippen molar-refractivity contribution in [1.29, 1.82) is 0 Å². The molecule has 0 spiro atoms. The van der Waals surface area contributed by atoms with Crippen LogP contribution < -0.4 is 0 Å². The first-order chi connectivity index (χ1) is 7.91. The summed E-state index contributed by atoms with van der Waals surface area (Å²) >= 11 is 0. The van der Waals surface area contributed by atoms with Gasteiger partial charge in [0, 0.05) is 12.5 Å². The molecule has 0 aliphatic rings. The molecule has 0 fully saturated rings. The molecule has 1 aromatic rings. The van der Waals surface area contributed by atoms with Crippen molar-refractivity contribution >= 4 is 5.78 Å². The second kappa shape index (κ2) is 5.65. The predicted octanol–water partition coefficient (Wildman–Crippen LogP) is 0.802. The molecule has 94 valence electrons. The SMILES string of the molecule is CC(O)C(O)CCC(=O)c1ccc(O)cc1O. The Balaban J connectivity index is 2.64. The molecule has 2 unspecified atom stereocenters. The van der Waals surface area contributed by atoms with Crippen LogP contribution in [0.15, 0.2) is 18.2 Å². The second-order valence-corrected chi connectivity index (χ2v) is 3.97. The third kappa shape index (κ3) is 3.72. The fourth-order valence-electron chi connectivity index (χ4n) is 1.41. The third-order valence-electron chi connectivity index (χ3n) is 2.51. The van der Waals surface area contributed by atoms with Gasteiger partial charge >= 0.3 is 0 Å². The molecule has 0 radical (unpaired) electrons. The second-order valence-electron chi connectivity index (χ2n) is 3.97. The Morgan fingerprint density at radius 1 is 1.29 bits per heavy atom. The van der Waals surface area contributed by atoms with Crippen LogP contribution in [0.1, 0.15) is 30.1 Å². The lowest BCUT2D eigenvalue weighted by atomic mass is 10.0. The number of aliphatic hydroxyl groups is 2. The van der Waals surface area contributed by atoms with Gasteiger partial charge in [0.05, 0.1) is 17.8 Å². The number of benzene rings is 1. The van der Waals surface area contributed by atoms with E-state index in [2.05, 4.69) is 0 Å². The Bertz CT molecular complexity index is 400. The largest absolute Gasteiger partial charge is 0.508 e. The van der Waals surface area contributed by atoms with E-state index in [0.717, 1.165) is 6.07 Å². The molecule has 5 nitrogen and oxygen atoms in total. The van der Waals surface area contributed by atoms with Gasteiger partial charge in [-0.15, -0.1) is 0 Å². The molecule has 0 aliphatic carbocycles. The van der Waals surface area contributed by atoms with Gasteiger partial charge in [0.1, 0.15) is 11.5 Å². The first-order valence-corrected chi connectivity index (χ1v) is 5.33. The van der Waals surface area contributed by atoms with E-state index in [-0.39, 0.29) is 35.7 Å². The van der Waals surface area contributed by atoms with E-state index in [1.54, 1.807) is 0 Å². The number of rotatable bonds is 5. The molecule has 0 amide bonds. The Labute approximate surface area is 99.0 Å². The van der Waals surface area contributed by atoms with Crippen molar-refractivity contribution < 1.29 is 25.2 Å². The molecular formula is C12H16O5. The number of phenols is 2. The van der Waals surface area contributed by atoms with Gasteiger partial charge in [-0.3, -0.25) is 4.79 Å². The van der Waals surface area contributed by atoms with Gasteiger partial charge in [-0.05, 0) is 25.5 Å². The number of aliphatic hydroxyl groups excluding tert-OH is 2. The fraction of sp³-hybridized carbons (Fsp3) is 0.417. The van der Waals surface area contributed by atoms with Crippen molar-refractivity contribution in [1.82, 2.24) is 0 Å². The number of carbonyl (C=O) groups is 1. The highest BCUT2D eigenvalue weighted by Gasteiger charge is 2.16. The number of Topliss-reactive ketones (excluding diaryl/α,β-unsaturated/α-hetero) is 1. The van der Waals surface area contributed by atoms with Gasteiger partial charge in [-0.25, -0.2) is 0 Å². The van der Waals surface area contributed by atoms with Crippen LogP contribution in [0.2, 0.25) is 0 Å². The van der Waals surface area contributed by atoms with Gasteiger partial charge < -0.3 is 20.4 Å². The van der Waals surface area contributed by atoms with Crippen molar-refractivity contribution in [2.75, 3.05) is 0 Å². The maximum atomic E-state index is 11.7. The van der Waals surface area contributed by atoms with E-state index < -0.39 is 12.2 Å². The zero-order valence-corrected chi connectivity index (χ0v) is 9.50. The van der Waals surface area contributed by atoms with Crippen molar-refractivity contribution in [3.63, 3.8) is 0 Å². The lowest BCUT2D eigenvalue weighted by Gasteiger charge is -2.12. The van der Waals surface area contributed by atoms with Crippen molar-refractivity contribution in [3.8, 4) is 11.5 Å². The maximum Gasteiger partial charge on any atom is 0.166 e. The molecule has 0 bridgehead atoms. The highest BCUT2D eigenvalue weighted by atomic mass is 16.3. The van der Waals surface area contributed by atoms with Crippen LogP contribution in [0, 0.1) is 0 Å². The first-order valence-electron chi connectivity index (χ1n) is 5.33. The summed E-state index contributed by atoms with van der Waals surface area (Å²) in [6, 6.07) is 3.71. The molecule has 0 saturated carbocycles. The molecular weight excluding hydrogens is 224 g/mol. The number of phenolic OH excluding ortho intramolecular Hbond substituents is 2. The van der Waals surface area contributed by atoms with E-state index in [4.69, 9.17) is 10.2 Å². The molecule has 0 aromatic heterocycles. The summed E-state index contributed by atoms with van der Waals surface area (Å²) in [5.74, 6) is -0.758. The molecule has 0 saturated heterocycles. The number of carbonyl (C=O) groups excluding carboxylic acids is 1. The summed E-state index contributed by atoms with van der Waals surface area (Å²) in [7, 11) is 0. The minimum atomic E-state index is -0.960. The predicted molar refractivity (Wildman–Crippen MR) is 61.0 cm³/mol. The van der Waals surface area contributed by atoms with Gasteiger partial charge in [-0.1, -0.05) is 0 Å². The Hall–Kier alpha value is -1.59. The van der Waals surface area contributed by atoms with E-state index in [9.17, 15) is 15.0 Å². The van der Waals surface area contributed by atoms with E-state index in [0.29, 0.717) is 0 Å². The van der Waals surface area contributed by atoms with Crippen LogP contribution >= 0.6 is 0 Å². The van der Waals surface area contributed by atoms with Crippen LogP contribution in [0.4, 0.5) is 0 Å². The number of hydrogen-bond acceptors (Lipinski definition) is 5. The first kappa shape index (κ1) is 13.5. The third-order valence-corrected chi connectivity index (χ3v) is 2.51. The van der Waals surface area contributed by atoms with E-state index in [1.165, 1.54) is 19.1 Å².